The van der Waals surface area contributed by atoms with Crippen molar-refractivity contribution >= 4 is 11.6 Å². The van der Waals surface area contributed by atoms with Crippen LogP contribution >= 0.6 is 11.6 Å². The molecule has 20 heavy (non-hydrogen) atoms. The molecule has 0 radical (unpaired) electrons. The molecule has 2 aromatic rings. The molecular weight excluding hydrogens is 277 g/mol. The van der Waals surface area contributed by atoms with E-state index in [0.29, 0.717) is 23.3 Å². The van der Waals surface area contributed by atoms with Crippen LogP contribution in [0.3, 0.4) is 0 Å². The first-order valence-electron chi connectivity index (χ1n) is 6.68. The van der Waals surface area contributed by atoms with Gasteiger partial charge in [-0.25, -0.2) is 14.4 Å². The van der Waals surface area contributed by atoms with Crippen molar-refractivity contribution in [3.63, 3.8) is 0 Å². The van der Waals surface area contributed by atoms with Gasteiger partial charge in [-0.05, 0) is 30.5 Å². The predicted molar refractivity (Wildman–Crippen MR) is 76.1 cm³/mol. The third-order valence-corrected chi connectivity index (χ3v) is 3.65. The molecule has 1 aliphatic rings. The van der Waals surface area contributed by atoms with Crippen molar-refractivity contribution in [2.45, 2.75) is 31.8 Å². The van der Waals surface area contributed by atoms with E-state index in [1.54, 1.807) is 6.07 Å². The summed E-state index contributed by atoms with van der Waals surface area (Å²) in [6, 6.07) is 5.05. The summed E-state index contributed by atoms with van der Waals surface area (Å²) >= 11 is 6.00. The lowest BCUT2D eigenvalue weighted by Crippen LogP contribution is -2.15. The van der Waals surface area contributed by atoms with Crippen molar-refractivity contribution in [2.75, 3.05) is 0 Å². The number of benzene rings is 1. The molecule has 0 saturated heterocycles. The van der Waals surface area contributed by atoms with Crippen LogP contribution in [0, 0.1) is 5.82 Å². The molecule has 3 nitrogen and oxygen atoms in total. The molecule has 104 valence electrons. The monoisotopic (exact) mass is 291 g/mol. The van der Waals surface area contributed by atoms with Gasteiger partial charge in [-0.15, -0.1) is 0 Å². The maximum absolute atomic E-state index is 13.0. The number of nitrogens with one attached hydrogen (secondary N) is 1. The van der Waals surface area contributed by atoms with Gasteiger partial charge in [0.15, 0.2) is 0 Å². The Balaban J connectivity index is 1.64. The Bertz CT molecular complexity index is 597. The summed E-state index contributed by atoms with van der Waals surface area (Å²) in [7, 11) is 0. The van der Waals surface area contributed by atoms with Crippen molar-refractivity contribution in [2.24, 2.45) is 0 Å². The van der Waals surface area contributed by atoms with Gasteiger partial charge in [0.1, 0.15) is 11.6 Å². The van der Waals surface area contributed by atoms with Crippen molar-refractivity contribution in [3.05, 3.63) is 58.4 Å². The molecule has 0 spiro atoms. The second-order valence-electron chi connectivity index (χ2n) is 5.08. The van der Waals surface area contributed by atoms with Gasteiger partial charge in [0.25, 0.3) is 0 Å². The summed E-state index contributed by atoms with van der Waals surface area (Å²) < 4.78 is 13.0. The highest BCUT2D eigenvalue weighted by atomic mass is 35.5. The Morgan fingerprint density at radius 2 is 2.00 bits per heavy atom. The van der Waals surface area contributed by atoms with Crippen molar-refractivity contribution < 1.29 is 4.39 Å². The van der Waals surface area contributed by atoms with Crippen molar-refractivity contribution in [1.82, 2.24) is 15.3 Å². The van der Waals surface area contributed by atoms with Gasteiger partial charge in [0, 0.05) is 42.0 Å². The summed E-state index contributed by atoms with van der Waals surface area (Å²) in [5.74, 6) is 0.356. The molecule has 0 aliphatic heterocycles. The Hall–Kier alpha value is -1.52. The second-order valence-corrected chi connectivity index (χ2v) is 5.48. The molecule has 1 N–H and O–H groups in total. The zero-order valence-corrected chi connectivity index (χ0v) is 11.7. The van der Waals surface area contributed by atoms with Crippen LogP contribution in [0.15, 0.2) is 30.6 Å². The number of hydrogen-bond donors (Lipinski definition) is 1. The minimum absolute atomic E-state index is 0.332. The second kappa shape index (κ2) is 5.85. The number of aromatic nitrogens is 2. The van der Waals surface area contributed by atoms with Crippen molar-refractivity contribution in [1.29, 1.82) is 0 Å². The molecule has 0 bridgehead atoms. The summed E-state index contributed by atoms with van der Waals surface area (Å²) in [6.45, 7) is 0.808. The quantitative estimate of drug-likeness (QED) is 0.920. The average Bonchev–Trinajstić information content (AvgIpc) is 3.25. The smallest absolute Gasteiger partial charge is 0.132 e. The van der Waals surface area contributed by atoms with Gasteiger partial charge in [0.2, 0.25) is 0 Å². The largest absolute Gasteiger partial charge is 0.310 e. The molecule has 0 unspecified atom stereocenters. The van der Waals surface area contributed by atoms with Crippen LogP contribution in [0.5, 0.6) is 0 Å². The van der Waals surface area contributed by atoms with Gasteiger partial charge >= 0.3 is 0 Å². The Kier molecular flexibility index (Phi) is 3.94. The van der Waals surface area contributed by atoms with E-state index >= 15 is 0 Å². The van der Waals surface area contributed by atoms with Gasteiger partial charge in [-0.3, -0.25) is 0 Å². The van der Waals surface area contributed by atoms with Crippen LogP contribution in [0.1, 0.15) is 29.8 Å². The molecule has 1 saturated carbocycles. The van der Waals surface area contributed by atoms with E-state index in [4.69, 9.17) is 11.6 Å². The first kappa shape index (κ1) is 13.5. The normalized spacial score (nSPS) is 14.5. The fourth-order valence-corrected chi connectivity index (χ4v) is 2.18. The predicted octanol–water partition coefficient (Wildman–Crippen LogP) is 3.11. The van der Waals surface area contributed by atoms with E-state index in [1.165, 1.54) is 25.0 Å². The average molecular weight is 292 g/mol. The van der Waals surface area contributed by atoms with Crippen LogP contribution in [-0.2, 0) is 13.0 Å². The maximum Gasteiger partial charge on any atom is 0.132 e. The molecule has 0 atom stereocenters. The van der Waals surface area contributed by atoms with Gasteiger partial charge in [0.05, 0.1) is 0 Å². The molecule has 5 heteroatoms. The maximum atomic E-state index is 13.0. The summed E-state index contributed by atoms with van der Waals surface area (Å²) in [4.78, 5) is 8.66. The summed E-state index contributed by atoms with van der Waals surface area (Å²) in [5, 5.41) is 3.82. The zero-order chi connectivity index (χ0) is 13.9. The van der Waals surface area contributed by atoms with Crippen LogP contribution in [0.25, 0.3) is 0 Å². The SMILES string of the molecule is Fc1ccc(Cc2ncc(CNC3CC3)cn2)c(Cl)c1. The number of rotatable bonds is 5. The van der Waals surface area contributed by atoms with E-state index in [-0.39, 0.29) is 5.82 Å². The Labute approximate surface area is 122 Å². The minimum Gasteiger partial charge on any atom is -0.310 e. The lowest BCUT2D eigenvalue weighted by atomic mass is 10.1. The third kappa shape index (κ3) is 3.52. The molecule has 3 rings (SSSR count). The number of halogens is 2. The van der Waals surface area contributed by atoms with Crippen molar-refractivity contribution in [3.8, 4) is 0 Å². The van der Waals surface area contributed by atoms with Gasteiger partial charge < -0.3 is 5.32 Å². The fourth-order valence-electron chi connectivity index (χ4n) is 1.95. The zero-order valence-electron chi connectivity index (χ0n) is 10.9. The lowest BCUT2D eigenvalue weighted by Gasteiger charge is -2.05. The van der Waals surface area contributed by atoms with Crippen LogP contribution < -0.4 is 5.32 Å². The molecule has 1 aromatic heterocycles. The minimum atomic E-state index is -0.332. The molecular formula is C15H15ClFN3. The summed E-state index contributed by atoms with van der Waals surface area (Å²) in [6.07, 6.45) is 6.70. The van der Waals surface area contributed by atoms with E-state index in [2.05, 4.69) is 15.3 Å². The highest BCUT2D eigenvalue weighted by Crippen LogP contribution is 2.20. The molecule has 1 aromatic carbocycles. The molecule has 1 aliphatic carbocycles. The third-order valence-electron chi connectivity index (χ3n) is 3.29. The summed E-state index contributed by atoms with van der Waals surface area (Å²) in [5.41, 5.74) is 1.91. The van der Waals surface area contributed by atoms with E-state index in [0.717, 1.165) is 17.7 Å². The highest BCUT2D eigenvalue weighted by molar-refractivity contribution is 6.31. The van der Waals surface area contributed by atoms with E-state index in [1.807, 2.05) is 12.4 Å². The van der Waals surface area contributed by atoms with Gasteiger partial charge in [-0.2, -0.15) is 0 Å². The molecule has 0 amide bonds. The standard InChI is InChI=1S/C15H15ClFN3/c16-14-6-12(17)2-1-11(14)5-15-19-8-10(9-20-15)7-18-13-3-4-13/h1-2,6,8-9,13,18H,3-5,7H2. The lowest BCUT2D eigenvalue weighted by molar-refractivity contribution is 0.627. The number of nitrogens with zero attached hydrogens (tertiary/aromatic N) is 2. The fraction of sp³-hybridized carbons (Fsp3) is 0.333. The highest BCUT2D eigenvalue weighted by Gasteiger charge is 2.19. The topological polar surface area (TPSA) is 37.8 Å². The van der Waals surface area contributed by atoms with E-state index < -0.39 is 0 Å². The van der Waals surface area contributed by atoms with Crippen LogP contribution in [0.2, 0.25) is 5.02 Å². The number of hydrogen-bond acceptors (Lipinski definition) is 3. The molecule has 1 fully saturated rings. The van der Waals surface area contributed by atoms with Crippen LogP contribution in [0.4, 0.5) is 4.39 Å². The molecule has 1 heterocycles. The van der Waals surface area contributed by atoms with Gasteiger partial charge in [-0.1, -0.05) is 17.7 Å². The Morgan fingerprint density at radius 3 is 2.65 bits per heavy atom. The first-order valence-corrected chi connectivity index (χ1v) is 7.05. The van der Waals surface area contributed by atoms with Crippen LogP contribution in [-0.4, -0.2) is 16.0 Å². The Morgan fingerprint density at radius 1 is 1.25 bits per heavy atom. The van der Waals surface area contributed by atoms with E-state index in [9.17, 15) is 4.39 Å². The first-order chi connectivity index (χ1) is 9.70.